The number of aryl methyl sites for hydroxylation is 2. The number of nitrogens with zero attached hydrogens (tertiary/aromatic N) is 4. The molecule has 0 unspecified atom stereocenters. The van der Waals surface area contributed by atoms with E-state index in [2.05, 4.69) is 25.3 Å². The molecule has 0 fully saturated rings. The van der Waals surface area contributed by atoms with Crippen molar-refractivity contribution in [2.24, 2.45) is 0 Å². The molecule has 0 bridgehead atoms. The van der Waals surface area contributed by atoms with Crippen molar-refractivity contribution in [2.45, 2.75) is 26.9 Å². The van der Waals surface area contributed by atoms with E-state index in [1.54, 1.807) is 6.33 Å². The van der Waals surface area contributed by atoms with Crippen LogP contribution >= 0.6 is 11.6 Å². The van der Waals surface area contributed by atoms with Gasteiger partial charge in [-0.15, -0.1) is 0 Å². The summed E-state index contributed by atoms with van der Waals surface area (Å²) in [5, 5.41) is 4.61. The zero-order valence-corrected chi connectivity index (χ0v) is 18.9. The fraction of sp³-hybridized carbons (Fsp3) is 0.167. The van der Waals surface area contributed by atoms with Crippen molar-refractivity contribution in [1.29, 1.82) is 0 Å². The summed E-state index contributed by atoms with van der Waals surface area (Å²) in [6.45, 7) is 4.75. The number of aromatic nitrogens is 5. The quantitative estimate of drug-likeness (QED) is 0.365. The standard InChI is InChI=1S/C24H22ClN7O/c1-13-4-3-5-14(2)19(13)24(33)27-9-18-8-15-6-17(25)7-16(20(15)31-18)10-32-12-30-21-22(26)28-11-29-23(21)32/h3-8,11-12,31H,9-10H2,1-2H3,(H,27,33)(H2,26,28,29). The number of nitrogen functional groups attached to an aromatic ring is 1. The number of imidazole rings is 1. The number of rotatable bonds is 5. The van der Waals surface area contributed by atoms with Gasteiger partial charge in [0, 0.05) is 21.7 Å². The summed E-state index contributed by atoms with van der Waals surface area (Å²) in [5.41, 5.74) is 12.6. The first-order chi connectivity index (χ1) is 15.9. The van der Waals surface area contributed by atoms with E-state index < -0.39 is 0 Å². The number of H-pyrrole nitrogens is 1. The van der Waals surface area contributed by atoms with E-state index in [9.17, 15) is 4.79 Å². The van der Waals surface area contributed by atoms with Crippen LogP contribution in [0.2, 0.25) is 5.02 Å². The number of amides is 1. The highest BCUT2D eigenvalue weighted by atomic mass is 35.5. The van der Waals surface area contributed by atoms with E-state index in [4.69, 9.17) is 17.3 Å². The Bertz CT molecular complexity index is 1500. The van der Waals surface area contributed by atoms with Gasteiger partial charge in [0.05, 0.1) is 24.9 Å². The van der Waals surface area contributed by atoms with Crippen LogP contribution in [0.4, 0.5) is 5.82 Å². The van der Waals surface area contributed by atoms with Gasteiger partial charge in [-0.25, -0.2) is 15.0 Å². The molecule has 0 saturated carbocycles. The lowest BCUT2D eigenvalue weighted by Gasteiger charge is -2.10. The lowest BCUT2D eigenvalue weighted by Crippen LogP contribution is -2.24. The normalized spacial score (nSPS) is 11.4. The molecular weight excluding hydrogens is 438 g/mol. The Morgan fingerprint density at radius 2 is 1.94 bits per heavy atom. The predicted octanol–water partition coefficient (Wildman–Crippen LogP) is 4.14. The number of halogens is 1. The van der Waals surface area contributed by atoms with Gasteiger partial charge in [-0.3, -0.25) is 4.79 Å². The molecule has 1 amide bonds. The van der Waals surface area contributed by atoms with Crippen LogP contribution in [0.25, 0.3) is 22.1 Å². The fourth-order valence-electron chi connectivity index (χ4n) is 4.19. The fourth-order valence-corrected chi connectivity index (χ4v) is 4.44. The van der Waals surface area contributed by atoms with Crippen LogP contribution in [0.1, 0.15) is 32.7 Å². The van der Waals surface area contributed by atoms with E-state index in [0.717, 1.165) is 33.3 Å². The van der Waals surface area contributed by atoms with Gasteiger partial charge in [0.1, 0.15) is 11.8 Å². The summed E-state index contributed by atoms with van der Waals surface area (Å²) in [6, 6.07) is 11.7. The lowest BCUT2D eigenvalue weighted by molar-refractivity contribution is 0.0949. The smallest absolute Gasteiger partial charge is 0.252 e. The molecule has 0 aliphatic carbocycles. The minimum Gasteiger partial charge on any atom is -0.382 e. The van der Waals surface area contributed by atoms with E-state index in [0.29, 0.717) is 40.7 Å². The number of anilines is 1. The van der Waals surface area contributed by atoms with Crippen molar-refractivity contribution in [1.82, 2.24) is 29.8 Å². The number of carbonyl (C=O) groups excluding carboxylic acids is 1. The van der Waals surface area contributed by atoms with Gasteiger partial charge in [0.25, 0.3) is 5.91 Å². The van der Waals surface area contributed by atoms with Crippen molar-refractivity contribution in [3.05, 3.63) is 82.0 Å². The highest BCUT2D eigenvalue weighted by Crippen LogP contribution is 2.27. The third kappa shape index (κ3) is 3.89. The average Bonchev–Trinajstić information content (AvgIpc) is 3.37. The second kappa shape index (κ2) is 8.22. The average molecular weight is 460 g/mol. The van der Waals surface area contributed by atoms with Crippen LogP contribution < -0.4 is 11.1 Å². The summed E-state index contributed by atoms with van der Waals surface area (Å²) in [4.78, 5) is 28.9. The Kier molecular flexibility index (Phi) is 5.22. The molecule has 2 aromatic carbocycles. The minimum atomic E-state index is -0.0929. The SMILES string of the molecule is Cc1cccc(C)c1C(=O)NCc1cc2cc(Cl)cc(Cn3cnc4c(N)ncnc43)c2[nH]1. The first kappa shape index (κ1) is 21.0. The van der Waals surface area contributed by atoms with E-state index in [1.165, 1.54) is 6.33 Å². The van der Waals surface area contributed by atoms with Gasteiger partial charge < -0.3 is 20.6 Å². The van der Waals surface area contributed by atoms with Gasteiger partial charge in [-0.2, -0.15) is 0 Å². The third-order valence-electron chi connectivity index (χ3n) is 5.75. The summed E-state index contributed by atoms with van der Waals surface area (Å²) < 4.78 is 1.90. The Hall–Kier alpha value is -3.91. The molecule has 0 atom stereocenters. The molecule has 166 valence electrons. The molecule has 4 N–H and O–H groups in total. The predicted molar refractivity (Wildman–Crippen MR) is 129 cm³/mol. The Balaban J connectivity index is 1.43. The van der Waals surface area contributed by atoms with E-state index in [-0.39, 0.29) is 5.91 Å². The number of hydrogen-bond donors (Lipinski definition) is 3. The van der Waals surface area contributed by atoms with Crippen LogP contribution in [0.3, 0.4) is 0 Å². The van der Waals surface area contributed by atoms with Crippen molar-refractivity contribution < 1.29 is 4.79 Å². The largest absolute Gasteiger partial charge is 0.382 e. The number of aromatic amines is 1. The topological polar surface area (TPSA) is 115 Å². The number of fused-ring (bicyclic) bond motifs is 2. The minimum absolute atomic E-state index is 0.0929. The molecule has 8 nitrogen and oxygen atoms in total. The van der Waals surface area contributed by atoms with Gasteiger partial charge in [0.2, 0.25) is 0 Å². The van der Waals surface area contributed by atoms with Crippen molar-refractivity contribution >= 4 is 45.4 Å². The van der Waals surface area contributed by atoms with Gasteiger partial charge in [0.15, 0.2) is 11.5 Å². The molecule has 0 aliphatic heterocycles. The molecule has 0 radical (unpaired) electrons. The van der Waals surface area contributed by atoms with Gasteiger partial charge in [-0.1, -0.05) is 29.8 Å². The maximum atomic E-state index is 12.8. The second-order valence-corrected chi connectivity index (χ2v) is 8.51. The van der Waals surface area contributed by atoms with Gasteiger partial charge >= 0.3 is 0 Å². The molecule has 3 aromatic heterocycles. The molecule has 9 heteroatoms. The van der Waals surface area contributed by atoms with Crippen LogP contribution in [0.5, 0.6) is 0 Å². The number of carbonyl (C=O) groups is 1. The van der Waals surface area contributed by atoms with Crippen LogP contribution in [0.15, 0.2) is 49.1 Å². The van der Waals surface area contributed by atoms with Crippen molar-refractivity contribution in [3.63, 3.8) is 0 Å². The lowest BCUT2D eigenvalue weighted by atomic mass is 10.0. The van der Waals surface area contributed by atoms with Crippen LogP contribution in [-0.2, 0) is 13.1 Å². The Morgan fingerprint density at radius 3 is 2.73 bits per heavy atom. The first-order valence-electron chi connectivity index (χ1n) is 10.5. The molecule has 33 heavy (non-hydrogen) atoms. The number of hydrogen-bond acceptors (Lipinski definition) is 5. The number of nitrogens with one attached hydrogen (secondary N) is 2. The maximum absolute atomic E-state index is 12.8. The Labute approximate surface area is 194 Å². The molecule has 0 spiro atoms. The maximum Gasteiger partial charge on any atom is 0.252 e. The number of nitrogens with two attached hydrogens (primary N) is 1. The zero-order chi connectivity index (χ0) is 23.1. The summed E-state index contributed by atoms with van der Waals surface area (Å²) in [6.07, 6.45) is 3.12. The molecule has 5 rings (SSSR count). The molecule has 5 aromatic rings. The molecule has 3 heterocycles. The summed E-state index contributed by atoms with van der Waals surface area (Å²) >= 11 is 6.40. The second-order valence-electron chi connectivity index (χ2n) is 8.08. The highest BCUT2D eigenvalue weighted by Gasteiger charge is 2.14. The molecular formula is C24H22ClN7O. The van der Waals surface area contributed by atoms with Crippen LogP contribution in [0, 0.1) is 13.8 Å². The monoisotopic (exact) mass is 459 g/mol. The van der Waals surface area contributed by atoms with Crippen LogP contribution in [-0.4, -0.2) is 30.4 Å². The van der Waals surface area contributed by atoms with Crippen molar-refractivity contribution in [3.8, 4) is 0 Å². The Morgan fingerprint density at radius 1 is 1.15 bits per heavy atom. The van der Waals surface area contributed by atoms with E-state index in [1.807, 2.05) is 54.8 Å². The van der Waals surface area contributed by atoms with Crippen molar-refractivity contribution in [2.75, 3.05) is 5.73 Å². The third-order valence-corrected chi connectivity index (χ3v) is 5.97. The zero-order valence-electron chi connectivity index (χ0n) is 18.2. The summed E-state index contributed by atoms with van der Waals surface area (Å²) in [7, 11) is 0. The summed E-state index contributed by atoms with van der Waals surface area (Å²) in [5.74, 6) is 0.251. The first-order valence-corrected chi connectivity index (χ1v) is 10.8. The van der Waals surface area contributed by atoms with E-state index >= 15 is 0 Å². The highest BCUT2D eigenvalue weighted by molar-refractivity contribution is 6.31. The van der Waals surface area contributed by atoms with Gasteiger partial charge in [-0.05, 0) is 48.7 Å². The molecule has 0 aliphatic rings. The molecule has 0 saturated heterocycles. The number of benzene rings is 2.